The first-order valence-electron chi connectivity index (χ1n) is 9.67. The van der Waals surface area contributed by atoms with Gasteiger partial charge in [-0.2, -0.15) is 4.98 Å². The number of carbonyl (C=O) groups excluding carboxylic acids is 3. The number of likely N-dealkylation sites (tertiary alicyclic amines) is 1. The molecular weight excluding hydrogens is 350 g/mol. The van der Waals surface area contributed by atoms with Crippen molar-refractivity contribution >= 4 is 17.7 Å². The molecule has 1 aliphatic carbocycles. The average molecular weight is 377 g/mol. The maximum atomic E-state index is 12.5. The van der Waals surface area contributed by atoms with Crippen molar-refractivity contribution in [3.63, 3.8) is 0 Å². The van der Waals surface area contributed by atoms with Gasteiger partial charge in [0.15, 0.2) is 0 Å². The van der Waals surface area contributed by atoms with E-state index in [1.807, 2.05) is 4.90 Å². The molecule has 0 aromatic carbocycles. The second kappa shape index (κ2) is 8.96. The lowest BCUT2D eigenvalue weighted by atomic mass is 9.87. The fourth-order valence-electron chi connectivity index (χ4n) is 3.82. The summed E-state index contributed by atoms with van der Waals surface area (Å²) in [5, 5.41) is 8.74. The minimum atomic E-state index is -0.444. The van der Waals surface area contributed by atoms with Crippen LogP contribution in [0.25, 0.3) is 0 Å². The maximum absolute atomic E-state index is 12.5. The Morgan fingerprint density at radius 2 is 2.00 bits per heavy atom. The molecule has 3 rings (SSSR count). The van der Waals surface area contributed by atoms with E-state index in [1.54, 1.807) is 0 Å². The van der Waals surface area contributed by atoms with Gasteiger partial charge in [-0.25, -0.2) is 0 Å². The highest BCUT2D eigenvalue weighted by Crippen LogP contribution is 2.27. The van der Waals surface area contributed by atoms with Gasteiger partial charge < -0.3 is 20.1 Å². The smallest absolute Gasteiger partial charge is 0.292 e. The van der Waals surface area contributed by atoms with Crippen LogP contribution in [0.4, 0.5) is 0 Å². The molecule has 1 saturated heterocycles. The third-order valence-corrected chi connectivity index (χ3v) is 5.39. The van der Waals surface area contributed by atoms with E-state index in [4.69, 9.17) is 4.52 Å². The summed E-state index contributed by atoms with van der Waals surface area (Å²) in [5.74, 6) is 0.0169. The van der Waals surface area contributed by atoms with Crippen molar-refractivity contribution in [1.29, 1.82) is 0 Å². The molecular formula is C18H27N5O4. The Morgan fingerprint density at radius 1 is 1.22 bits per heavy atom. The predicted molar refractivity (Wildman–Crippen MR) is 95.4 cm³/mol. The summed E-state index contributed by atoms with van der Waals surface area (Å²) in [7, 11) is 1.48. The Balaban J connectivity index is 1.49. The number of hydrogen-bond acceptors (Lipinski definition) is 6. The monoisotopic (exact) mass is 377 g/mol. The molecule has 1 aliphatic heterocycles. The molecule has 1 atom stereocenters. The van der Waals surface area contributed by atoms with Gasteiger partial charge in [0.25, 0.3) is 11.7 Å². The predicted octanol–water partition coefficient (Wildman–Crippen LogP) is 0.864. The molecule has 0 spiro atoms. The van der Waals surface area contributed by atoms with E-state index in [9.17, 15) is 14.4 Å². The molecule has 1 aromatic rings. The van der Waals surface area contributed by atoms with Crippen molar-refractivity contribution in [2.24, 2.45) is 11.8 Å². The number of hydrogen-bond donors (Lipinski definition) is 2. The topological polar surface area (TPSA) is 117 Å². The number of carbonyl (C=O) groups is 3. The van der Waals surface area contributed by atoms with Crippen molar-refractivity contribution in [2.75, 3.05) is 20.1 Å². The highest BCUT2D eigenvalue weighted by Gasteiger charge is 2.31. The van der Waals surface area contributed by atoms with Gasteiger partial charge in [0.2, 0.25) is 17.7 Å². The van der Waals surface area contributed by atoms with Gasteiger partial charge in [-0.05, 0) is 25.2 Å². The van der Waals surface area contributed by atoms with Crippen LogP contribution >= 0.6 is 0 Å². The van der Waals surface area contributed by atoms with Crippen molar-refractivity contribution in [1.82, 2.24) is 25.7 Å². The summed E-state index contributed by atoms with van der Waals surface area (Å²) in [6.07, 6.45) is 7.06. The Hall–Kier alpha value is -2.45. The number of nitrogens with zero attached hydrogens (tertiary/aromatic N) is 3. The normalized spacial score (nSPS) is 21.1. The number of rotatable bonds is 6. The van der Waals surface area contributed by atoms with Crippen LogP contribution in [0.15, 0.2) is 4.52 Å². The number of piperidine rings is 1. The quantitative estimate of drug-likeness (QED) is 0.759. The highest BCUT2D eigenvalue weighted by atomic mass is 16.5. The second-order valence-electron chi connectivity index (χ2n) is 7.35. The largest absolute Gasteiger partial charge is 0.352 e. The second-order valence-corrected chi connectivity index (χ2v) is 7.35. The van der Waals surface area contributed by atoms with Crippen molar-refractivity contribution in [3.05, 3.63) is 11.7 Å². The highest BCUT2D eigenvalue weighted by molar-refractivity contribution is 5.89. The van der Waals surface area contributed by atoms with Crippen molar-refractivity contribution in [2.45, 2.75) is 51.5 Å². The van der Waals surface area contributed by atoms with Gasteiger partial charge >= 0.3 is 0 Å². The van der Waals surface area contributed by atoms with Gasteiger partial charge in [-0.1, -0.05) is 24.4 Å². The van der Waals surface area contributed by atoms with E-state index in [0.29, 0.717) is 25.3 Å². The van der Waals surface area contributed by atoms with Crippen molar-refractivity contribution in [3.8, 4) is 0 Å². The molecule has 0 bridgehead atoms. The third kappa shape index (κ3) is 5.05. The summed E-state index contributed by atoms with van der Waals surface area (Å²) >= 11 is 0. The molecule has 2 heterocycles. The fourth-order valence-corrected chi connectivity index (χ4v) is 3.82. The first-order chi connectivity index (χ1) is 13.1. The van der Waals surface area contributed by atoms with Gasteiger partial charge in [-0.3, -0.25) is 14.4 Å². The summed E-state index contributed by atoms with van der Waals surface area (Å²) in [6, 6.07) is 0. The van der Waals surface area contributed by atoms with E-state index in [1.165, 1.54) is 39.2 Å². The van der Waals surface area contributed by atoms with E-state index >= 15 is 0 Å². The molecule has 27 heavy (non-hydrogen) atoms. The Kier molecular flexibility index (Phi) is 6.41. The molecule has 1 aromatic heterocycles. The third-order valence-electron chi connectivity index (χ3n) is 5.39. The standard InChI is InChI=1S/C18H27N5O4/c1-19-18(26)16-21-14(27-22-16)9-20-17(25)13-7-8-15(24)23(11-13)10-12-5-3-2-4-6-12/h12-13H,2-11H2,1H3,(H,19,26)(H,20,25)/t13-/m1/s1. The zero-order chi connectivity index (χ0) is 19.2. The van der Waals surface area contributed by atoms with E-state index in [2.05, 4.69) is 20.8 Å². The molecule has 0 radical (unpaired) electrons. The van der Waals surface area contributed by atoms with Crippen LogP contribution in [0.5, 0.6) is 0 Å². The van der Waals surface area contributed by atoms with Crippen LogP contribution in [0.1, 0.15) is 61.5 Å². The summed E-state index contributed by atoms with van der Waals surface area (Å²) < 4.78 is 4.96. The average Bonchev–Trinajstić information content (AvgIpc) is 3.17. The zero-order valence-corrected chi connectivity index (χ0v) is 15.7. The van der Waals surface area contributed by atoms with Crippen LogP contribution in [0, 0.1) is 11.8 Å². The van der Waals surface area contributed by atoms with Gasteiger partial charge in [0.1, 0.15) is 0 Å². The van der Waals surface area contributed by atoms with Gasteiger partial charge in [-0.15, -0.1) is 0 Å². The van der Waals surface area contributed by atoms with E-state index in [-0.39, 0.29) is 36.0 Å². The summed E-state index contributed by atoms with van der Waals surface area (Å²) in [5.41, 5.74) is 0. The molecule has 9 heteroatoms. The Labute approximate surface area is 158 Å². The summed E-state index contributed by atoms with van der Waals surface area (Å²) in [6.45, 7) is 1.30. The van der Waals surface area contributed by atoms with Crippen LogP contribution in [0.2, 0.25) is 0 Å². The molecule has 2 fully saturated rings. The lowest BCUT2D eigenvalue weighted by molar-refractivity contribution is -0.139. The minimum absolute atomic E-state index is 0.0654. The molecule has 1 saturated carbocycles. The maximum Gasteiger partial charge on any atom is 0.292 e. The zero-order valence-electron chi connectivity index (χ0n) is 15.7. The van der Waals surface area contributed by atoms with Crippen LogP contribution < -0.4 is 10.6 Å². The molecule has 148 valence electrons. The van der Waals surface area contributed by atoms with Crippen LogP contribution in [-0.4, -0.2) is 52.9 Å². The SMILES string of the molecule is CNC(=O)c1noc(CNC(=O)[C@@H]2CCC(=O)N(CC3CCCCC3)C2)n1. The lowest BCUT2D eigenvalue weighted by Gasteiger charge is -2.35. The van der Waals surface area contributed by atoms with Gasteiger partial charge in [0.05, 0.1) is 12.5 Å². The van der Waals surface area contributed by atoms with Crippen molar-refractivity contribution < 1.29 is 18.9 Å². The van der Waals surface area contributed by atoms with Crippen LogP contribution in [0.3, 0.4) is 0 Å². The summed E-state index contributed by atoms with van der Waals surface area (Å²) in [4.78, 5) is 41.9. The van der Waals surface area contributed by atoms with Crippen LogP contribution in [-0.2, 0) is 16.1 Å². The molecule has 3 amide bonds. The molecule has 2 aliphatic rings. The Morgan fingerprint density at radius 3 is 2.74 bits per heavy atom. The number of aromatic nitrogens is 2. The number of amides is 3. The number of nitrogens with one attached hydrogen (secondary N) is 2. The minimum Gasteiger partial charge on any atom is -0.352 e. The Bertz CT molecular complexity index is 683. The first kappa shape index (κ1) is 19.3. The van der Waals surface area contributed by atoms with Gasteiger partial charge in [0, 0.05) is 26.6 Å². The molecule has 2 N–H and O–H groups in total. The fraction of sp³-hybridized carbons (Fsp3) is 0.722. The van der Waals surface area contributed by atoms with E-state index in [0.717, 1.165) is 6.54 Å². The first-order valence-corrected chi connectivity index (χ1v) is 9.67. The molecule has 9 nitrogen and oxygen atoms in total. The molecule has 0 unspecified atom stereocenters. The van der Waals surface area contributed by atoms with E-state index < -0.39 is 5.91 Å². The lowest BCUT2D eigenvalue weighted by Crippen LogP contribution is -2.47.